The molecule has 160 valence electrons. The largest absolute Gasteiger partial charge is 0.459 e. The zero-order chi connectivity index (χ0) is 21.8. The third-order valence-corrected chi connectivity index (χ3v) is 5.76. The first-order valence-corrected chi connectivity index (χ1v) is 10.5. The highest BCUT2D eigenvalue weighted by Crippen LogP contribution is 2.17. The van der Waals surface area contributed by atoms with E-state index in [1.54, 1.807) is 29.3 Å². The summed E-state index contributed by atoms with van der Waals surface area (Å²) in [5.41, 5.74) is 0.999. The predicted octanol–water partition coefficient (Wildman–Crippen LogP) is 3.18. The first-order valence-electron chi connectivity index (χ1n) is 10.1. The van der Waals surface area contributed by atoms with Crippen LogP contribution in [0.15, 0.2) is 70.2 Å². The van der Waals surface area contributed by atoms with E-state index in [1.807, 2.05) is 18.2 Å². The van der Waals surface area contributed by atoms with Crippen LogP contribution in [0.1, 0.15) is 39.3 Å². The third kappa shape index (κ3) is 4.88. The molecule has 2 aromatic heterocycles. The lowest BCUT2D eigenvalue weighted by atomic mass is 10.0. The molecule has 0 atom stereocenters. The molecule has 31 heavy (non-hydrogen) atoms. The molecule has 3 heterocycles. The summed E-state index contributed by atoms with van der Waals surface area (Å²) in [5.74, 6) is -0.0617. The minimum absolute atomic E-state index is 0.0444. The maximum absolute atomic E-state index is 12.7. The topological polar surface area (TPSA) is 84.6 Å². The van der Waals surface area contributed by atoms with E-state index in [4.69, 9.17) is 16.0 Å². The van der Waals surface area contributed by atoms with Gasteiger partial charge in [-0.3, -0.25) is 14.4 Å². The number of benzene rings is 1. The van der Waals surface area contributed by atoms with Crippen molar-refractivity contribution in [2.45, 2.75) is 25.4 Å². The van der Waals surface area contributed by atoms with Crippen molar-refractivity contribution in [1.82, 2.24) is 14.8 Å². The summed E-state index contributed by atoms with van der Waals surface area (Å²) in [7, 11) is 0. The number of hydrogen-bond acceptors (Lipinski definition) is 4. The predicted molar refractivity (Wildman–Crippen MR) is 116 cm³/mol. The summed E-state index contributed by atoms with van der Waals surface area (Å²) >= 11 is 6.20. The van der Waals surface area contributed by atoms with Crippen LogP contribution in [0.4, 0.5) is 0 Å². The smallest absolute Gasteiger partial charge is 0.289 e. The van der Waals surface area contributed by atoms with Gasteiger partial charge in [0.25, 0.3) is 17.4 Å². The Labute approximate surface area is 184 Å². The highest BCUT2D eigenvalue weighted by Gasteiger charge is 2.26. The minimum Gasteiger partial charge on any atom is -0.459 e. The van der Waals surface area contributed by atoms with Gasteiger partial charge in [0.1, 0.15) is 0 Å². The summed E-state index contributed by atoms with van der Waals surface area (Å²) in [5, 5.41) is 3.58. The number of amides is 2. The average molecular weight is 440 g/mol. The van der Waals surface area contributed by atoms with Gasteiger partial charge in [-0.05, 0) is 42.7 Å². The van der Waals surface area contributed by atoms with Gasteiger partial charge in [-0.1, -0.05) is 29.8 Å². The lowest BCUT2D eigenvalue weighted by molar-refractivity contribution is 0.0667. The minimum atomic E-state index is -0.247. The maximum Gasteiger partial charge on any atom is 0.289 e. The van der Waals surface area contributed by atoms with Crippen LogP contribution in [0.25, 0.3) is 0 Å². The molecular formula is C23H22ClN3O4. The molecule has 4 rings (SSSR count). The van der Waals surface area contributed by atoms with Gasteiger partial charge in [0.15, 0.2) is 5.76 Å². The lowest BCUT2D eigenvalue weighted by Crippen LogP contribution is -2.46. The molecule has 0 aliphatic carbocycles. The quantitative estimate of drug-likeness (QED) is 0.661. The molecule has 1 aliphatic heterocycles. The molecule has 1 fully saturated rings. The summed E-state index contributed by atoms with van der Waals surface area (Å²) in [6.07, 6.45) is 4.33. The number of halogens is 1. The number of pyridine rings is 1. The van der Waals surface area contributed by atoms with Gasteiger partial charge >= 0.3 is 0 Å². The maximum atomic E-state index is 12.7. The Kier molecular flexibility index (Phi) is 6.23. The highest BCUT2D eigenvalue weighted by atomic mass is 35.5. The van der Waals surface area contributed by atoms with Crippen molar-refractivity contribution < 1.29 is 14.0 Å². The molecule has 0 unspecified atom stereocenters. The molecule has 8 heteroatoms. The van der Waals surface area contributed by atoms with Gasteiger partial charge in [0.05, 0.1) is 18.4 Å². The summed E-state index contributed by atoms with van der Waals surface area (Å²) in [6, 6.07) is 13.5. The van der Waals surface area contributed by atoms with Crippen LogP contribution in [0.5, 0.6) is 0 Å². The molecule has 1 aliphatic rings. The standard InChI is InChI=1S/C23H22ClN3O4/c24-19-5-2-1-4-16(19)14-27-15-17(7-8-21(27)28)22(29)25-18-9-11-26(12-10-18)23(30)20-6-3-13-31-20/h1-8,13,15,18H,9-12,14H2,(H,25,29). The number of likely N-dealkylation sites (tertiary alicyclic amines) is 1. The second-order valence-corrected chi connectivity index (χ2v) is 7.90. The SMILES string of the molecule is O=C(NC1CCN(C(=O)c2ccco2)CC1)c1ccc(=O)n(Cc2ccccc2Cl)c1. The Bertz CT molecular complexity index is 1130. The van der Waals surface area contributed by atoms with Gasteiger partial charge < -0.3 is 19.2 Å². The van der Waals surface area contributed by atoms with E-state index in [-0.39, 0.29) is 30.0 Å². The monoisotopic (exact) mass is 439 g/mol. The molecule has 1 aromatic carbocycles. The molecule has 1 N–H and O–H groups in total. The molecule has 3 aromatic rings. The van der Waals surface area contributed by atoms with Crippen molar-refractivity contribution >= 4 is 23.4 Å². The van der Waals surface area contributed by atoms with Crippen LogP contribution in [0, 0.1) is 0 Å². The average Bonchev–Trinajstić information content (AvgIpc) is 3.32. The van der Waals surface area contributed by atoms with Crippen LogP contribution >= 0.6 is 11.6 Å². The number of rotatable bonds is 5. The van der Waals surface area contributed by atoms with Crippen LogP contribution in [0.3, 0.4) is 0 Å². The second-order valence-electron chi connectivity index (χ2n) is 7.49. The summed E-state index contributed by atoms with van der Waals surface area (Å²) < 4.78 is 6.64. The Morgan fingerprint density at radius 2 is 1.84 bits per heavy atom. The summed E-state index contributed by atoms with van der Waals surface area (Å²) in [6.45, 7) is 1.36. The molecule has 0 radical (unpaired) electrons. The zero-order valence-corrected chi connectivity index (χ0v) is 17.5. The number of hydrogen-bond donors (Lipinski definition) is 1. The van der Waals surface area contributed by atoms with E-state index >= 15 is 0 Å². The Morgan fingerprint density at radius 1 is 1.06 bits per heavy atom. The van der Waals surface area contributed by atoms with Crippen molar-refractivity contribution in [2.75, 3.05) is 13.1 Å². The number of carbonyl (C=O) groups excluding carboxylic acids is 2. The number of piperidine rings is 1. The first kappa shape index (κ1) is 20.9. The number of carbonyl (C=O) groups is 2. The number of nitrogens with zero attached hydrogens (tertiary/aromatic N) is 2. The van der Waals surface area contributed by atoms with E-state index in [2.05, 4.69) is 5.32 Å². The fourth-order valence-electron chi connectivity index (χ4n) is 3.65. The Hall–Kier alpha value is -3.32. The van der Waals surface area contributed by atoms with Crippen molar-refractivity contribution in [1.29, 1.82) is 0 Å². The van der Waals surface area contributed by atoms with Crippen molar-refractivity contribution in [3.05, 3.63) is 93.3 Å². The summed E-state index contributed by atoms with van der Waals surface area (Å²) in [4.78, 5) is 39.1. The Balaban J connectivity index is 1.37. The molecule has 1 saturated heterocycles. The van der Waals surface area contributed by atoms with Crippen molar-refractivity contribution in [3.8, 4) is 0 Å². The van der Waals surface area contributed by atoms with E-state index in [1.165, 1.54) is 23.0 Å². The third-order valence-electron chi connectivity index (χ3n) is 5.39. The van der Waals surface area contributed by atoms with Gasteiger partial charge in [-0.15, -0.1) is 0 Å². The fourth-order valence-corrected chi connectivity index (χ4v) is 3.85. The molecule has 7 nitrogen and oxygen atoms in total. The van der Waals surface area contributed by atoms with E-state index in [0.717, 1.165) is 5.56 Å². The van der Waals surface area contributed by atoms with Gasteiger partial charge in [0, 0.05) is 36.4 Å². The van der Waals surface area contributed by atoms with Gasteiger partial charge in [-0.25, -0.2) is 0 Å². The molecule has 0 spiro atoms. The lowest BCUT2D eigenvalue weighted by Gasteiger charge is -2.31. The number of aromatic nitrogens is 1. The van der Waals surface area contributed by atoms with Crippen LogP contribution in [0.2, 0.25) is 5.02 Å². The number of furan rings is 1. The molecule has 0 bridgehead atoms. The van der Waals surface area contributed by atoms with Crippen LogP contribution < -0.4 is 10.9 Å². The Morgan fingerprint density at radius 3 is 2.55 bits per heavy atom. The van der Waals surface area contributed by atoms with Crippen molar-refractivity contribution in [2.24, 2.45) is 0 Å². The number of nitrogens with one attached hydrogen (secondary N) is 1. The fraction of sp³-hybridized carbons (Fsp3) is 0.261. The van der Waals surface area contributed by atoms with Gasteiger partial charge in [0.2, 0.25) is 0 Å². The first-order chi connectivity index (χ1) is 15.0. The van der Waals surface area contributed by atoms with E-state index in [0.29, 0.717) is 42.3 Å². The van der Waals surface area contributed by atoms with Crippen LogP contribution in [-0.2, 0) is 6.54 Å². The van der Waals surface area contributed by atoms with Gasteiger partial charge in [-0.2, -0.15) is 0 Å². The van der Waals surface area contributed by atoms with E-state index < -0.39 is 0 Å². The normalized spacial score (nSPS) is 14.4. The molecule has 0 saturated carbocycles. The highest BCUT2D eigenvalue weighted by molar-refractivity contribution is 6.31. The molecule has 2 amide bonds. The molecular weight excluding hydrogens is 418 g/mol. The van der Waals surface area contributed by atoms with Crippen LogP contribution in [-0.4, -0.2) is 40.4 Å². The second kappa shape index (κ2) is 9.22. The van der Waals surface area contributed by atoms with Crippen molar-refractivity contribution in [3.63, 3.8) is 0 Å². The zero-order valence-electron chi connectivity index (χ0n) is 16.8. The van der Waals surface area contributed by atoms with E-state index in [9.17, 15) is 14.4 Å².